The van der Waals surface area contributed by atoms with Crippen LogP contribution in [0.1, 0.15) is 23.4 Å². The van der Waals surface area contributed by atoms with E-state index in [1.165, 1.54) is 11.3 Å². The van der Waals surface area contributed by atoms with E-state index >= 15 is 0 Å². The average molecular weight is 412 g/mol. The van der Waals surface area contributed by atoms with Crippen LogP contribution in [0.4, 0.5) is 0 Å². The summed E-state index contributed by atoms with van der Waals surface area (Å²) in [4.78, 5) is 38.4. The first-order valence-corrected chi connectivity index (χ1v) is 10.7. The smallest absolute Gasteiger partial charge is 0.271 e. The van der Waals surface area contributed by atoms with Gasteiger partial charge in [-0.3, -0.25) is 19.1 Å². The van der Waals surface area contributed by atoms with Crippen LogP contribution >= 0.6 is 11.3 Å². The fourth-order valence-electron chi connectivity index (χ4n) is 3.72. The van der Waals surface area contributed by atoms with Gasteiger partial charge < -0.3 is 9.80 Å². The number of thiophene rings is 1. The molecule has 0 N–H and O–H groups in total. The average Bonchev–Trinajstić information content (AvgIpc) is 2.95. The minimum atomic E-state index is 0.0219. The third-order valence-electron chi connectivity index (χ3n) is 5.37. The minimum absolute atomic E-state index is 0.0219. The number of carbonyl (C=O) groups is 1. The van der Waals surface area contributed by atoms with E-state index in [1.807, 2.05) is 42.6 Å². The Labute approximate surface area is 173 Å². The fraction of sp³-hybridized carbons (Fsp3) is 0.429. The Balaban J connectivity index is 1.38. The number of pyridine rings is 1. The molecule has 4 heterocycles. The highest BCUT2D eigenvalue weighted by Crippen LogP contribution is 2.21. The summed E-state index contributed by atoms with van der Waals surface area (Å²) in [7, 11) is 2.01. The van der Waals surface area contributed by atoms with Crippen molar-refractivity contribution in [2.75, 3.05) is 26.7 Å². The van der Waals surface area contributed by atoms with Crippen molar-refractivity contribution < 1.29 is 4.79 Å². The fourth-order valence-corrected chi connectivity index (χ4v) is 4.66. The van der Waals surface area contributed by atoms with Gasteiger partial charge in [0.15, 0.2) is 0 Å². The molecule has 8 heteroatoms. The predicted molar refractivity (Wildman–Crippen MR) is 114 cm³/mol. The van der Waals surface area contributed by atoms with Crippen LogP contribution in [-0.4, -0.2) is 56.9 Å². The van der Waals surface area contributed by atoms with Gasteiger partial charge in [-0.2, -0.15) is 0 Å². The monoisotopic (exact) mass is 411 g/mol. The highest BCUT2D eigenvalue weighted by atomic mass is 32.1. The quantitative estimate of drug-likeness (QED) is 0.643. The summed E-state index contributed by atoms with van der Waals surface area (Å²) in [5.74, 6) is 0.912. The summed E-state index contributed by atoms with van der Waals surface area (Å²) in [6.07, 6.45) is 4.68. The van der Waals surface area contributed by atoms with Gasteiger partial charge in [0.25, 0.3) is 5.56 Å². The lowest BCUT2D eigenvalue weighted by Gasteiger charge is -2.22. The third kappa shape index (κ3) is 4.23. The van der Waals surface area contributed by atoms with E-state index in [-0.39, 0.29) is 11.5 Å². The zero-order valence-electron chi connectivity index (χ0n) is 16.8. The highest BCUT2D eigenvalue weighted by Gasteiger charge is 2.22. The predicted octanol–water partition coefficient (Wildman–Crippen LogP) is 2.07. The summed E-state index contributed by atoms with van der Waals surface area (Å²) in [5.41, 5.74) is 3.00. The summed E-state index contributed by atoms with van der Waals surface area (Å²) in [5, 5.41) is 1.98. The molecule has 1 aliphatic rings. The molecule has 0 spiro atoms. The molecule has 0 saturated carbocycles. The third-order valence-corrected chi connectivity index (χ3v) is 6.44. The lowest BCUT2D eigenvalue weighted by molar-refractivity contribution is -0.131. The molecule has 4 rings (SSSR count). The van der Waals surface area contributed by atoms with Gasteiger partial charge in [0, 0.05) is 58.0 Å². The lowest BCUT2D eigenvalue weighted by Crippen LogP contribution is -2.36. The van der Waals surface area contributed by atoms with E-state index < -0.39 is 0 Å². The maximum atomic E-state index is 12.8. The van der Waals surface area contributed by atoms with E-state index in [9.17, 15) is 9.59 Å². The molecule has 0 saturated heterocycles. The molecule has 3 aromatic rings. The van der Waals surface area contributed by atoms with Crippen LogP contribution < -0.4 is 5.56 Å². The number of amides is 1. The number of aromatic nitrogens is 3. The molecule has 0 unspecified atom stereocenters. The molecule has 0 aromatic carbocycles. The van der Waals surface area contributed by atoms with Crippen molar-refractivity contribution in [1.82, 2.24) is 24.3 Å². The van der Waals surface area contributed by atoms with Crippen molar-refractivity contribution in [3.63, 3.8) is 0 Å². The first-order chi connectivity index (χ1) is 14.0. The summed E-state index contributed by atoms with van der Waals surface area (Å²) >= 11 is 1.45. The first kappa shape index (κ1) is 19.7. The second-order valence-electron chi connectivity index (χ2n) is 7.56. The zero-order chi connectivity index (χ0) is 20.4. The van der Waals surface area contributed by atoms with E-state index in [2.05, 4.69) is 9.88 Å². The Morgan fingerprint density at radius 1 is 1.31 bits per heavy atom. The number of hydrogen-bond acceptors (Lipinski definition) is 6. The Kier molecular flexibility index (Phi) is 5.73. The highest BCUT2D eigenvalue weighted by molar-refractivity contribution is 7.17. The van der Waals surface area contributed by atoms with Crippen molar-refractivity contribution in [2.45, 2.75) is 32.9 Å². The van der Waals surface area contributed by atoms with E-state index in [0.717, 1.165) is 29.0 Å². The van der Waals surface area contributed by atoms with Crippen molar-refractivity contribution in [1.29, 1.82) is 0 Å². The zero-order valence-corrected chi connectivity index (χ0v) is 17.6. The van der Waals surface area contributed by atoms with Crippen molar-refractivity contribution >= 4 is 27.5 Å². The molecule has 29 heavy (non-hydrogen) atoms. The number of hydrogen-bond donors (Lipinski definition) is 0. The van der Waals surface area contributed by atoms with E-state index in [0.29, 0.717) is 43.7 Å². The Hall–Kier alpha value is -2.58. The molecule has 0 atom stereocenters. The van der Waals surface area contributed by atoms with Crippen LogP contribution in [0.5, 0.6) is 0 Å². The molecule has 1 amide bonds. The van der Waals surface area contributed by atoms with Gasteiger partial charge in [0.1, 0.15) is 10.5 Å². The second kappa shape index (κ2) is 8.42. The number of carbonyl (C=O) groups excluding carboxylic acids is 1. The van der Waals surface area contributed by atoms with Gasteiger partial charge in [-0.05, 0) is 36.5 Å². The van der Waals surface area contributed by atoms with Crippen LogP contribution in [-0.2, 0) is 24.3 Å². The Morgan fingerprint density at radius 2 is 2.17 bits per heavy atom. The number of nitrogens with zero attached hydrogens (tertiary/aromatic N) is 5. The van der Waals surface area contributed by atoms with Crippen molar-refractivity contribution in [3.8, 4) is 0 Å². The minimum Gasteiger partial charge on any atom is -0.340 e. The summed E-state index contributed by atoms with van der Waals surface area (Å²) in [6, 6.07) is 3.96. The van der Waals surface area contributed by atoms with Gasteiger partial charge in [0.05, 0.1) is 5.52 Å². The lowest BCUT2D eigenvalue weighted by atomic mass is 10.2. The standard InChI is InChI=1S/C21H25N5O2S/c1-15-14-29-20-19(15)23-17-5-9-25(10-11-26(17)21(20)28)18(27)6-8-24(2)13-16-4-3-7-22-12-16/h3-4,7,12,14H,5-6,8-11,13H2,1-2H3. The first-order valence-electron chi connectivity index (χ1n) is 9.85. The van der Waals surface area contributed by atoms with Gasteiger partial charge in [-0.15, -0.1) is 11.3 Å². The molecule has 0 bridgehead atoms. The molecule has 1 aliphatic heterocycles. The molecular weight excluding hydrogens is 386 g/mol. The largest absolute Gasteiger partial charge is 0.340 e. The van der Waals surface area contributed by atoms with Crippen molar-refractivity contribution in [3.05, 3.63) is 57.2 Å². The molecule has 0 fully saturated rings. The maximum Gasteiger partial charge on any atom is 0.271 e. The van der Waals surface area contributed by atoms with Crippen LogP contribution in [0, 0.1) is 6.92 Å². The van der Waals surface area contributed by atoms with Gasteiger partial charge in [0.2, 0.25) is 5.91 Å². The van der Waals surface area contributed by atoms with Crippen LogP contribution in [0.25, 0.3) is 10.2 Å². The topological polar surface area (TPSA) is 71.3 Å². The van der Waals surface area contributed by atoms with Crippen LogP contribution in [0.15, 0.2) is 34.7 Å². The molecule has 0 radical (unpaired) electrons. The van der Waals surface area contributed by atoms with Gasteiger partial charge in [-0.1, -0.05) is 6.07 Å². The normalized spacial score (nSPS) is 14.2. The van der Waals surface area contributed by atoms with E-state index in [1.54, 1.807) is 10.8 Å². The molecule has 0 aliphatic carbocycles. The number of rotatable bonds is 5. The van der Waals surface area contributed by atoms with Gasteiger partial charge >= 0.3 is 0 Å². The van der Waals surface area contributed by atoms with Gasteiger partial charge in [-0.25, -0.2) is 4.98 Å². The Bertz CT molecular complexity index is 1080. The second-order valence-corrected chi connectivity index (χ2v) is 8.44. The molecular formula is C21H25N5O2S. The number of fused-ring (bicyclic) bond motifs is 2. The summed E-state index contributed by atoms with van der Waals surface area (Å²) < 4.78 is 2.46. The number of aryl methyl sites for hydroxylation is 1. The SMILES string of the molecule is Cc1csc2c(=O)n3c(nc12)CCN(C(=O)CCN(C)Cc1cccnc1)CC3. The molecule has 152 valence electrons. The molecule has 3 aromatic heterocycles. The molecule has 7 nitrogen and oxygen atoms in total. The maximum absolute atomic E-state index is 12.8. The van der Waals surface area contributed by atoms with Crippen molar-refractivity contribution in [2.24, 2.45) is 0 Å². The Morgan fingerprint density at radius 3 is 2.97 bits per heavy atom. The van der Waals surface area contributed by atoms with E-state index in [4.69, 9.17) is 4.98 Å². The summed E-state index contributed by atoms with van der Waals surface area (Å²) in [6.45, 7) is 5.09. The van der Waals surface area contributed by atoms with Crippen LogP contribution in [0.3, 0.4) is 0 Å². The van der Waals surface area contributed by atoms with Crippen LogP contribution in [0.2, 0.25) is 0 Å².